The topological polar surface area (TPSA) is 105 Å². The lowest BCUT2D eigenvalue weighted by atomic mass is 10.1. The van der Waals surface area contributed by atoms with Gasteiger partial charge in [0.1, 0.15) is 0 Å². The third-order valence-electron chi connectivity index (χ3n) is 3.04. The lowest BCUT2D eigenvalue weighted by Crippen LogP contribution is -2.27. The Morgan fingerprint density at radius 3 is 2.71 bits per heavy atom. The van der Waals surface area contributed by atoms with Crippen LogP contribution < -0.4 is 10.6 Å². The number of oxazole rings is 1. The van der Waals surface area contributed by atoms with Crippen molar-refractivity contribution in [3.8, 4) is 0 Å². The van der Waals surface area contributed by atoms with E-state index in [1.54, 1.807) is 45.2 Å². The number of hydrogen-bond acceptors (Lipinski definition) is 5. The highest BCUT2D eigenvalue weighted by Crippen LogP contribution is 2.19. The summed E-state index contributed by atoms with van der Waals surface area (Å²) >= 11 is 0. The highest BCUT2D eigenvalue weighted by molar-refractivity contribution is 6.05. The van der Waals surface area contributed by atoms with E-state index in [9.17, 15) is 4.79 Å². The number of rotatable bonds is 3. The van der Waals surface area contributed by atoms with E-state index in [0.717, 1.165) is 0 Å². The fraction of sp³-hybridized carbons (Fsp3) is 0.214. The van der Waals surface area contributed by atoms with Crippen LogP contribution >= 0.6 is 0 Å². The van der Waals surface area contributed by atoms with Crippen LogP contribution in [-0.2, 0) is 0 Å². The maximum absolute atomic E-state index is 12.4. The molecule has 110 valence electrons. The van der Waals surface area contributed by atoms with Gasteiger partial charge in [0, 0.05) is 25.2 Å². The number of aromatic nitrogens is 1. The summed E-state index contributed by atoms with van der Waals surface area (Å²) < 4.78 is 5.33. The normalized spacial score (nSPS) is 11.5. The van der Waals surface area contributed by atoms with Gasteiger partial charge in [0.05, 0.1) is 5.69 Å². The summed E-state index contributed by atoms with van der Waals surface area (Å²) in [5.41, 5.74) is 7.19. The highest BCUT2D eigenvalue weighted by atomic mass is 16.4. The minimum atomic E-state index is -0.315. The SMILES string of the molecule is Cc1nc(C)c(C(=O)N(C)c2cccc(/C(N)=N/O)c2)o1. The fourth-order valence-electron chi connectivity index (χ4n) is 1.93. The minimum absolute atomic E-state index is 0.0237. The molecule has 1 amide bonds. The molecular formula is C14H16N4O3. The van der Waals surface area contributed by atoms with Gasteiger partial charge in [0.2, 0.25) is 5.76 Å². The molecule has 2 rings (SSSR count). The molecule has 0 aliphatic rings. The Hall–Kier alpha value is -2.83. The van der Waals surface area contributed by atoms with E-state index in [1.807, 2.05) is 0 Å². The van der Waals surface area contributed by atoms with Crippen molar-refractivity contribution in [1.29, 1.82) is 0 Å². The van der Waals surface area contributed by atoms with E-state index >= 15 is 0 Å². The molecule has 0 fully saturated rings. The fourth-order valence-corrected chi connectivity index (χ4v) is 1.93. The summed E-state index contributed by atoms with van der Waals surface area (Å²) in [5, 5.41) is 11.6. The van der Waals surface area contributed by atoms with E-state index in [1.165, 1.54) is 4.90 Å². The number of nitrogens with two attached hydrogens (primary N) is 1. The predicted octanol–water partition coefficient (Wildman–Crippen LogP) is 1.66. The molecule has 0 saturated carbocycles. The second kappa shape index (κ2) is 5.66. The third-order valence-corrected chi connectivity index (χ3v) is 3.04. The van der Waals surface area contributed by atoms with Crippen molar-refractivity contribution in [3.63, 3.8) is 0 Å². The molecule has 2 aromatic rings. The van der Waals surface area contributed by atoms with E-state index in [-0.39, 0.29) is 17.5 Å². The molecule has 0 aliphatic heterocycles. The summed E-state index contributed by atoms with van der Waals surface area (Å²) in [7, 11) is 1.62. The van der Waals surface area contributed by atoms with Gasteiger partial charge in [-0.15, -0.1) is 0 Å². The Labute approximate surface area is 121 Å². The van der Waals surface area contributed by atoms with Crippen LogP contribution in [0.1, 0.15) is 27.7 Å². The van der Waals surface area contributed by atoms with Crippen LogP contribution in [0.25, 0.3) is 0 Å². The van der Waals surface area contributed by atoms with E-state index in [4.69, 9.17) is 15.4 Å². The summed E-state index contributed by atoms with van der Waals surface area (Å²) in [6.07, 6.45) is 0. The maximum atomic E-state index is 12.4. The molecule has 1 aromatic heterocycles. The van der Waals surface area contributed by atoms with Crippen LogP contribution in [0.4, 0.5) is 5.69 Å². The molecule has 7 nitrogen and oxygen atoms in total. The minimum Gasteiger partial charge on any atom is -0.436 e. The van der Waals surface area contributed by atoms with Crippen molar-refractivity contribution in [3.05, 3.63) is 47.2 Å². The van der Waals surface area contributed by atoms with E-state index in [0.29, 0.717) is 22.8 Å². The van der Waals surface area contributed by atoms with Gasteiger partial charge in [-0.3, -0.25) is 4.79 Å². The Morgan fingerprint density at radius 1 is 1.43 bits per heavy atom. The first-order valence-corrected chi connectivity index (χ1v) is 6.24. The number of nitrogens with zero attached hydrogens (tertiary/aromatic N) is 3. The second-order valence-corrected chi connectivity index (χ2v) is 4.55. The van der Waals surface area contributed by atoms with E-state index < -0.39 is 0 Å². The first-order chi connectivity index (χ1) is 9.93. The summed E-state index contributed by atoms with van der Waals surface area (Å²) in [4.78, 5) is 17.9. The molecule has 1 aromatic carbocycles. The zero-order valence-electron chi connectivity index (χ0n) is 12.0. The number of amides is 1. The molecule has 21 heavy (non-hydrogen) atoms. The zero-order chi connectivity index (χ0) is 15.6. The number of anilines is 1. The smallest absolute Gasteiger partial charge is 0.295 e. The van der Waals surface area contributed by atoms with Gasteiger partial charge in [0.25, 0.3) is 5.91 Å². The van der Waals surface area contributed by atoms with Crippen LogP contribution in [0.2, 0.25) is 0 Å². The molecule has 0 atom stereocenters. The Morgan fingerprint density at radius 2 is 2.14 bits per heavy atom. The number of benzene rings is 1. The van der Waals surface area contributed by atoms with Crippen molar-refractivity contribution in [1.82, 2.24) is 4.98 Å². The van der Waals surface area contributed by atoms with Gasteiger partial charge in [-0.1, -0.05) is 17.3 Å². The van der Waals surface area contributed by atoms with Crippen molar-refractivity contribution >= 4 is 17.4 Å². The Kier molecular flexibility index (Phi) is 3.93. The summed E-state index contributed by atoms with van der Waals surface area (Å²) in [6, 6.07) is 6.78. The molecule has 7 heteroatoms. The third kappa shape index (κ3) is 2.86. The van der Waals surface area contributed by atoms with Crippen molar-refractivity contribution in [2.75, 3.05) is 11.9 Å². The lowest BCUT2D eigenvalue weighted by Gasteiger charge is -2.16. The highest BCUT2D eigenvalue weighted by Gasteiger charge is 2.21. The van der Waals surface area contributed by atoms with Crippen LogP contribution in [0, 0.1) is 13.8 Å². The first kappa shape index (κ1) is 14.6. The molecule has 3 N–H and O–H groups in total. The van der Waals surface area contributed by atoms with Crippen LogP contribution in [0.5, 0.6) is 0 Å². The standard InChI is InChI=1S/C14H16N4O3/c1-8-12(21-9(2)16-8)14(19)18(3)11-6-4-5-10(7-11)13(15)17-20/h4-7,20H,1-3H3,(H2,15,17). The monoisotopic (exact) mass is 288 g/mol. The van der Waals surface area contributed by atoms with Crippen LogP contribution in [-0.4, -0.2) is 29.0 Å². The molecule has 0 saturated heterocycles. The molecule has 0 radical (unpaired) electrons. The molecule has 0 aliphatic carbocycles. The number of oxime groups is 1. The van der Waals surface area contributed by atoms with E-state index in [2.05, 4.69) is 10.1 Å². The molecule has 1 heterocycles. The van der Waals surface area contributed by atoms with Crippen LogP contribution in [0.15, 0.2) is 33.8 Å². The number of hydrogen-bond donors (Lipinski definition) is 2. The number of carbonyl (C=O) groups excluding carboxylic acids is 1. The first-order valence-electron chi connectivity index (χ1n) is 6.24. The van der Waals surface area contributed by atoms with Gasteiger partial charge in [-0.2, -0.15) is 0 Å². The Balaban J connectivity index is 2.34. The summed E-state index contributed by atoms with van der Waals surface area (Å²) in [5.74, 6) is 0.299. The number of amidine groups is 1. The van der Waals surface area contributed by atoms with Gasteiger partial charge < -0.3 is 20.3 Å². The van der Waals surface area contributed by atoms with Gasteiger partial charge in [0.15, 0.2) is 11.7 Å². The molecule has 0 bridgehead atoms. The quantitative estimate of drug-likeness (QED) is 0.387. The lowest BCUT2D eigenvalue weighted by molar-refractivity contribution is 0.0964. The second-order valence-electron chi connectivity index (χ2n) is 4.55. The number of carbonyl (C=O) groups is 1. The van der Waals surface area contributed by atoms with Crippen molar-refractivity contribution in [2.24, 2.45) is 10.9 Å². The number of aryl methyl sites for hydroxylation is 2. The van der Waals surface area contributed by atoms with Crippen molar-refractivity contribution < 1.29 is 14.4 Å². The van der Waals surface area contributed by atoms with Gasteiger partial charge in [-0.25, -0.2) is 4.98 Å². The Bertz CT molecular complexity index is 706. The average Bonchev–Trinajstić information content (AvgIpc) is 2.83. The largest absolute Gasteiger partial charge is 0.436 e. The van der Waals surface area contributed by atoms with Crippen molar-refractivity contribution in [2.45, 2.75) is 13.8 Å². The van der Waals surface area contributed by atoms with Crippen LogP contribution in [0.3, 0.4) is 0 Å². The maximum Gasteiger partial charge on any atom is 0.295 e. The zero-order valence-corrected chi connectivity index (χ0v) is 12.0. The molecule has 0 unspecified atom stereocenters. The molecular weight excluding hydrogens is 272 g/mol. The predicted molar refractivity (Wildman–Crippen MR) is 77.7 cm³/mol. The average molecular weight is 288 g/mol. The van der Waals surface area contributed by atoms with Gasteiger partial charge in [-0.05, 0) is 19.1 Å². The summed E-state index contributed by atoms with van der Waals surface area (Å²) in [6.45, 7) is 3.40. The van der Waals surface area contributed by atoms with Gasteiger partial charge >= 0.3 is 0 Å². The molecule has 0 spiro atoms.